The largest absolute Gasteiger partial charge is 0.340 e. The van der Waals surface area contributed by atoms with Crippen LogP contribution in [0.1, 0.15) is 29.5 Å². The van der Waals surface area contributed by atoms with Gasteiger partial charge in [-0.2, -0.15) is 0 Å². The summed E-state index contributed by atoms with van der Waals surface area (Å²) in [7, 11) is 1.89. The van der Waals surface area contributed by atoms with Gasteiger partial charge in [-0.25, -0.2) is 0 Å². The van der Waals surface area contributed by atoms with Gasteiger partial charge in [-0.1, -0.05) is 23.8 Å². The molecule has 1 aromatic carbocycles. The molecule has 2 rings (SSSR count). The monoisotopic (exact) mass is 246 g/mol. The number of aryl methyl sites for hydroxylation is 2. The Morgan fingerprint density at radius 1 is 1.44 bits per heavy atom. The molecule has 0 saturated carbocycles. The standard InChI is InChI=1S/C15H22N2O/c1-11-6-7-13(12(2)9-11)10-17(3)15(18)14-5-4-8-16-14/h6-7,9,14,16H,4-5,8,10H2,1-3H3. The molecule has 1 aromatic rings. The number of amides is 1. The first-order valence-corrected chi connectivity index (χ1v) is 6.62. The van der Waals surface area contributed by atoms with Crippen molar-refractivity contribution in [1.82, 2.24) is 10.2 Å². The molecule has 1 N–H and O–H groups in total. The molecule has 0 radical (unpaired) electrons. The van der Waals surface area contributed by atoms with Gasteiger partial charge >= 0.3 is 0 Å². The minimum atomic E-state index is 0.0285. The Labute approximate surface area is 109 Å². The molecule has 18 heavy (non-hydrogen) atoms. The van der Waals surface area contributed by atoms with Crippen LogP contribution in [0.5, 0.6) is 0 Å². The molecule has 1 saturated heterocycles. The van der Waals surface area contributed by atoms with Gasteiger partial charge in [-0.3, -0.25) is 4.79 Å². The predicted octanol–water partition coefficient (Wildman–Crippen LogP) is 2.01. The van der Waals surface area contributed by atoms with Gasteiger partial charge in [0.1, 0.15) is 0 Å². The Morgan fingerprint density at radius 2 is 2.22 bits per heavy atom. The first-order chi connectivity index (χ1) is 8.58. The van der Waals surface area contributed by atoms with E-state index < -0.39 is 0 Å². The molecule has 3 nitrogen and oxygen atoms in total. The maximum Gasteiger partial charge on any atom is 0.239 e. The van der Waals surface area contributed by atoms with Gasteiger partial charge in [-0.15, -0.1) is 0 Å². The van der Waals surface area contributed by atoms with Crippen molar-refractivity contribution in [3.63, 3.8) is 0 Å². The Balaban J connectivity index is 2.01. The SMILES string of the molecule is Cc1ccc(CN(C)C(=O)C2CCCN2)c(C)c1. The first-order valence-electron chi connectivity index (χ1n) is 6.62. The van der Waals surface area contributed by atoms with E-state index in [1.165, 1.54) is 16.7 Å². The lowest BCUT2D eigenvalue weighted by Crippen LogP contribution is -2.41. The summed E-state index contributed by atoms with van der Waals surface area (Å²) in [6.07, 6.45) is 2.07. The van der Waals surface area contributed by atoms with Crippen molar-refractivity contribution in [1.29, 1.82) is 0 Å². The molecule has 1 atom stereocenters. The van der Waals surface area contributed by atoms with Crippen LogP contribution < -0.4 is 5.32 Å². The highest BCUT2D eigenvalue weighted by atomic mass is 16.2. The molecular weight excluding hydrogens is 224 g/mol. The van der Waals surface area contributed by atoms with Gasteiger partial charge in [0.15, 0.2) is 0 Å². The fraction of sp³-hybridized carbons (Fsp3) is 0.533. The second kappa shape index (κ2) is 5.53. The number of benzene rings is 1. The van der Waals surface area contributed by atoms with E-state index in [9.17, 15) is 4.79 Å². The third-order valence-corrected chi connectivity index (χ3v) is 3.64. The van der Waals surface area contributed by atoms with Crippen LogP contribution in [-0.4, -0.2) is 30.4 Å². The number of nitrogens with zero attached hydrogens (tertiary/aromatic N) is 1. The van der Waals surface area contributed by atoms with Crippen molar-refractivity contribution in [2.45, 2.75) is 39.3 Å². The van der Waals surface area contributed by atoms with Crippen molar-refractivity contribution in [2.24, 2.45) is 0 Å². The van der Waals surface area contributed by atoms with Gasteiger partial charge in [0, 0.05) is 13.6 Å². The van der Waals surface area contributed by atoms with Crippen LogP contribution in [0.2, 0.25) is 0 Å². The molecule has 98 valence electrons. The molecule has 1 aliphatic rings. The Hall–Kier alpha value is -1.35. The lowest BCUT2D eigenvalue weighted by molar-refractivity contribution is -0.132. The van der Waals surface area contributed by atoms with Crippen LogP contribution in [0.25, 0.3) is 0 Å². The van der Waals surface area contributed by atoms with E-state index in [4.69, 9.17) is 0 Å². The average molecular weight is 246 g/mol. The highest BCUT2D eigenvalue weighted by molar-refractivity contribution is 5.81. The first kappa shape index (κ1) is 13.1. The highest BCUT2D eigenvalue weighted by Gasteiger charge is 2.24. The van der Waals surface area contributed by atoms with E-state index in [0.29, 0.717) is 6.54 Å². The van der Waals surface area contributed by atoms with Crippen LogP contribution in [0.15, 0.2) is 18.2 Å². The van der Waals surface area contributed by atoms with Crippen molar-refractivity contribution in [3.8, 4) is 0 Å². The zero-order chi connectivity index (χ0) is 13.1. The average Bonchev–Trinajstić information content (AvgIpc) is 2.85. The third-order valence-electron chi connectivity index (χ3n) is 3.64. The van der Waals surface area contributed by atoms with Crippen LogP contribution in [0.4, 0.5) is 0 Å². The summed E-state index contributed by atoms with van der Waals surface area (Å²) < 4.78 is 0. The highest BCUT2D eigenvalue weighted by Crippen LogP contribution is 2.14. The number of nitrogens with one attached hydrogen (secondary N) is 1. The van der Waals surface area contributed by atoms with Gasteiger partial charge in [-0.05, 0) is 44.4 Å². The molecule has 0 aliphatic carbocycles. The van der Waals surface area contributed by atoms with Gasteiger partial charge in [0.25, 0.3) is 0 Å². The number of carbonyl (C=O) groups is 1. The molecule has 1 heterocycles. The molecule has 3 heteroatoms. The summed E-state index contributed by atoms with van der Waals surface area (Å²) in [4.78, 5) is 14.0. The zero-order valence-electron chi connectivity index (χ0n) is 11.5. The van der Waals surface area contributed by atoms with Gasteiger partial charge in [0.05, 0.1) is 6.04 Å². The fourth-order valence-corrected chi connectivity index (χ4v) is 2.52. The fourth-order valence-electron chi connectivity index (χ4n) is 2.52. The predicted molar refractivity (Wildman–Crippen MR) is 73.4 cm³/mol. The molecule has 1 unspecified atom stereocenters. The van der Waals surface area contributed by atoms with Crippen molar-refractivity contribution in [2.75, 3.05) is 13.6 Å². The molecule has 0 aromatic heterocycles. The minimum Gasteiger partial charge on any atom is -0.340 e. The van der Waals surface area contributed by atoms with E-state index in [2.05, 4.69) is 37.4 Å². The van der Waals surface area contributed by atoms with Crippen LogP contribution in [0, 0.1) is 13.8 Å². The smallest absolute Gasteiger partial charge is 0.239 e. The topological polar surface area (TPSA) is 32.3 Å². The van der Waals surface area contributed by atoms with Crippen LogP contribution in [0.3, 0.4) is 0 Å². The Morgan fingerprint density at radius 3 is 2.83 bits per heavy atom. The minimum absolute atomic E-state index is 0.0285. The quantitative estimate of drug-likeness (QED) is 0.885. The van der Waals surface area contributed by atoms with E-state index in [1.54, 1.807) is 0 Å². The summed E-state index contributed by atoms with van der Waals surface area (Å²) in [5.74, 6) is 0.215. The van der Waals surface area contributed by atoms with Crippen LogP contribution >= 0.6 is 0 Å². The summed E-state index contributed by atoms with van der Waals surface area (Å²) in [5.41, 5.74) is 3.76. The van der Waals surface area contributed by atoms with Gasteiger partial charge in [0.2, 0.25) is 5.91 Å². The van der Waals surface area contributed by atoms with E-state index >= 15 is 0 Å². The lowest BCUT2D eigenvalue weighted by atomic mass is 10.1. The molecular formula is C15H22N2O. The number of carbonyl (C=O) groups excluding carboxylic acids is 1. The number of hydrogen-bond acceptors (Lipinski definition) is 2. The summed E-state index contributed by atoms with van der Waals surface area (Å²) in [5, 5.41) is 3.26. The second-order valence-electron chi connectivity index (χ2n) is 5.27. The van der Waals surface area contributed by atoms with Gasteiger partial charge < -0.3 is 10.2 Å². The zero-order valence-corrected chi connectivity index (χ0v) is 11.5. The summed E-state index contributed by atoms with van der Waals surface area (Å²) in [6.45, 7) is 5.86. The normalized spacial score (nSPS) is 18.9. The van der Waals surface area contributed by atoms with Crippen molar-refractivity contribution >= 4 is 5.91 Å². The van der Waals surface area contributed by atoms with E-state index in [1.807, 2.05) is 11.9 Å². The molecule has 0 bridgehead atoms. The lowest BCUT2D eigenvalue weighted by Gasteiger charge is -2.22. The Kier molecular flexibility index (Phi) is 4.02. The van der Waals surface area contributed by atoms with E-state index in [0.717, 1.165) is 19.4 Å². The molecule has 0 spiro atoms. The number of rotatable bonds is 3. The number of hydrogen-bond donors (Lipinski definition) is 1. The van der Waals surface area contributed by atoms with E-state index in [-0.39, 0.29) is 11.9 Å². The second-order valence-corrected chi connectivity index (χ2v) is 5.27. The molecule has 1 amide bonds. The van der Waals surface area contributed by atoms with Crippen molar-refractivity contribution < 1.29 is 4.79 Å². The van der Waals surface area contributed by atoms with Crippen LogP contribution in [-0.2, 0) is 11.3 Å². The molecule has 1 fully saturated rings. The van der Waals surface area contributed by atoms with Crippen molar-refractivity contribution in [3.05, 3.63) is 34.9 Å². The third kappa shape index (κ3) is 2.91. The Bertz CT molecular complexity index is 436. The maximum atomic E-state index is 12.2. The summed E-state index contributed by atoms with van der Waals surface area (Å²) in [6, 6.07) is 6.42. The number of likely N-dealkylation sites (N-methyl/N-ethyl adjacent to an activating group) is 1. The maximum absolute atomic E-state index is 12.2. The molecule has 1 aliphatic heterocycles. The summed E-state index contributed by atoms with van der Waals surface area (Å²) >= 11 is 0.